The summed E-state index contributed by atoms with van der Waals surface area (Å²) in [6.07, 6.45) is 0.650. The molecule has 0 aromatic heterocycles. The Morgan fingerprint density at radius 3 is 1.16 bits per heavy atom. The molecule has 206 valence electrons. The van der Waals surface area contributed by atoms with Gasteiger partial charge in [-0.2, -0.15) is 0 Å². The van der Waals surface area contributed by atoms with Gasteiger partial charge in [-0.15, -0.1) is 0 Å². The van der Waals surface area contributed by atoms with E-state index in [0.717, 1.165) is 11.1 Å². The lowest BCUT2D eigenvalue weighted by Gasteiger charge is -2.29. The molecule has 2 aromatic rings. The molecular weight excluding hydrogens is 488 g/mol. The van der Waals surface area contributed by atoms with E-state index in [1.54, 1.807) is 52.0 Å². The second-order valence-electron chi connectivity index (χ2n) is 9.30. The smallest absolute Gasteiger partial charge is 0.311 e. The molecule has 8 heteroatoms. The molecule has 0 aliphatic rings. The maximum atomic E-state index is 12.2. The third kappa shape index (κ3) is 8.16. The van der Waals surface area contributed by atoms with Crippen LogP contribution in [0.1, 0.15) is 91.2 Å². The number of hydrogen-bond donors (Lipinski definition) is 0. The zero-order valence-corrected chi connectivity index (χ0v) is 23.3. The fourth-order valence-corrected chi connectivity index (χ4v) is 3.73. The molecular formula is C30H38O8. The van der Waals surface area contributed by atoms with Crippen LogP contribution in [0.3, 0.4) is 0 Å². The maximum Gasteiger partial charge on any atom is 0.311 e. The second-order valence-corrected chi connectivity index (χ2v) is 9.30. The van der Waals surface area contributed by atoms with Gasteiger partial charge in [-0.05, 0) is 47.2 Å². The van der Waals surface area contributed by atoms with Crippen molar-refractivity contribution in [1.29, 1.82) is 0 Å². The number of rotatable bonds is 12. The topological polar surface area (TPSA) is 105 Å². The number of ether oxygens (including phenoxy) is 4. The van der Waals surface area contributed by atoms with E-state index in [1.807, 2.05) is 12.1 Å². The minimum Gasteiger partial charge on any atom is -0.423 e. The van der Waals surface area contributed by atoms with Gasteiger partial charge in [0.2, 0.25) is 0 Å². The zero-order valence-electron chi connectivity index (χ0n) is 23.3. The molecule has 0 saturated heterocycles. The molecule has 0 saturated carbocycles. The lowest BCUT2D eigenvalue weighted by atomic mass is 9.76. The van der Waals surface area contributed by atoms with E-state index in [-0.39, 0.29) is 66.4 Å². The van der Waals surface area contributed by atoms with Crippen LogP contribution in [0.25, 0.3) is 0 Å². The monoisotopic (exact) mass is 526 g/mol. The molecule has 0 bridgehead atoms. The van der Waals surface area contributed by atoms with Crippen LogP contribution in [0.5, 0.6) is 23.0 Å². The summed E-state index contributed by atoms with van der Waals surface area (Å²) in [5.74, 6) is -1.05. The average molecular weight is 527 g/mol. The van der Waals surface area contributed by atoms with Gasteiger partial charge in [0.15, 0.2) is 23.0 Å². The molecule has 0 amide bonds. The Hall–Kier alpha value is -3.68. The molecule has 38 heavy (non-hydrogen) atoms. The lowest BCUT2D eigenvalue weighted by molar-refractivity contribution is -0.136. The molecule has 1 atom stereocenters. The first kappa shape index (κ1) is 30.5. The Morgan fingerprint density at radius 1 is 0.553 bits per heavy atom. The van der Waals surface area contributed by atoms with Crippen LogP contribution in [0.4, 0.5) is 0 Å². The van der Waals surface area contributed by atoms with Crippen molar-refractivity contribution in [3.05, 3.63) is 47.5 Å². The fraction of sp³-hybridized carbons (Fsp3) is 0.467. The molecule has 0 aliphatic heterocycles. The standard InChI is InChI=1S/C30H38O8/c1-8-26(31)35-22-14-12-20(16-24(22)37-28(33)10-3)30(19(7)18(5)6)21-13-15-23(36-27(32)9-2)25(17-21)38-29(34)11-4/h12-19,30H,8-11H2,1-7H3. The predicted molar refractivity (Wildman–Crippen MR) is 142 cm³/mol. The van der Waals surface area contributed by atoms with E-state index in [4.69, 9.17) is 18.9 Å². The Labute approximate surface area is 224 Å². The van der Waals surface area contributed by atoms with Gasteiger partial charge in [0.05, 0.1) is 0 Å². The molecule has 0 heterocycles. The molecule has 2 aromatic carbocycles. The van der Waals surface area contributed by atoms with Crippen molar-refractivity contribution in [2.75, 3.05) is 0 Å². The first-order chi connectivity index (χ1) is 18.0. The van der Waals surface area contributed by atoms with Crippen LogP contribution < -0.4 is 18.9 Å². The van der Waals surface area contributed by atoms with Crippen molar-refractivity contribution < 1.29 is 38.1 Å². The Morgan fingerprint density at radius 2 is 0.868 bits per heavy atom. The van der Waals surface area contributed by atoms with Gasteiger partial charge in [0, 0.05) is 31.6 Å². The Balaban J connectivity index is 2.67. The summed E-state index contributed by atoms with van der Waals surface area (Å²) in [4.78, 5) is 48.2. The molecule has 8 nitrogen and oxygen atoms in total. The minimum absolute atomic E-state index is 0.0903. The largest absolute Gasteiger partial charge is 0.423 e. The molecule has 2 rings (SSSR count). The van der Waals surface area contributed by atoms with E-state index in [0.29, 0.717) is 0 Å². The third-order valence-corrected chi connectivity index (χ3v) is 6.28. The molecule has 0 fully saturated rings. The van der Waals surface area contributed by atoms with Crippen molar-refractivity contribution in [2.24, 2.45) is 11.8 Å². The van der Waals surface area contributed by atoms with Crippen LogP contribution in [0.15, 0.2) is 36.4 Å². The van der Waals surface area contributed by atoms with Gasteiger partial charge in [-0.3, -0.25) is 19.2 Å². The number of hydrogen-bond acceptors (Lipinski definition) is 8. The second kappa shape index (κ2) is 14.3. The van der Waals surface area contributed by atoms with Crippen molar-refractivity contribution in [1.82, 2.24) is 0 Å². The summed E-state index contributed by atoms with van der Waals surface area (Å²) < 4.78 is 21.9. The highest BCUT2D eigenvalue weighted by molar-refractivity contribution is 5.77. The summed E-state index contributed by atoms with van der Waals surface area (Å²) in [6, 6.07) is 10.3. The molecule has 0 N–H and O–H groups in total. The van der Waals surface area contributed by atoms with Crippen LogP contribution in [-0.4, -0.2) is 23.9 Å². The lowest BCUT2D eigenvalue weighted by Crippen LogP contribution is -2.18. The molecule has 0 spiro atoms. The highest BCUT2D eigenvalue weighted by Crippen LogP contribution is 2.42. The Kier molecular flexibility index (Phi) is 11.5. The Bertz CT molecular complexity index is 1070. The SMILES string of the molecule is CCC(=O)Oc1ccc(C(c2ccc(OC(=O)CC)c(OC(=O)CC)c2)C(C)C(C)C)cc1OC(=O)CC. The number of carbonyl (C=O) groups excluding carboxylic acids is 4. The summed E-state index contributed by atoms with van der Waals surface area (Å²) in [5, 5.41) is 0. The van der Waals surface area contributed by atoms with Crippen LogP contribution in [0, 0.1) is 11.8 Å². The van der Waals surface area contributed by atoms with Gasteiger partial charge in [0.1, 0.15) is 0 Å². The van der Waals surface area contributed by atoms with Gasteiger partial charge in [-0.25, -0.2) is 0 Å². The van der Waals surface area contributed by atoms with E-state index >= 15 is 0 Å². The van der Waals surface area contributed by atoms with E-state index in [9.17, 15) is 19.2 Å². The zero-order chi connectivity index (χ0) is 28.4. The number of benzene rings is 2. The number of esters is 4. The van der Waals surface area contributed by atoms with Gasteiger partial charge in [-0.1, -0.05) is 60.6 Å². The van der Waals surface area contributed by atoms with Gasteiger partial charge >= 0.3 is 23.9 Å². The van der Waals surface area contributed by atoms with Crippen molar-refractivity contribution in [3.63, 3.8) is 0 Å². The van der Waals surface area contributed by atoms with E-state index in [1.165, 1.54) is 0 Å². The summed E-state index contributed by atoms with van der Waals surface area (Å²) in [7, 11) is 0. The van der Waals surface area contributed by atoms with Crippen LogP contribution >= 0.6 is 0 Å². The highest BCUT2D eigenvalue weighted by atomic mass is 16.6. The first-order valence-electron chi connectivity index (χ1n) is 13.1. The maximum absolute atomic E-state index is 12.2. The van der Waals surface area contributed by atoms with Crippen molar-refractivity contribution in [3.8, 4) is 23.0 Å². The summed E-state index contributed by atoms with van der Waals surface area (Å²) >= 11 is 0. The van der Waals surface area contributed by atoms with Crippen molar-refractivity contribution >= 4 is 23.9 Å². The first-order valence-corrected chi connectivity index (χ1v) is 13.1. The summed E-state index contributed by atoms with van der Waals surface area (Å²) in [5.41, 5.74) is 1.62. The molecule has 0 radical (unpaired) electrons. The number of carbonyl (C=O) groups is 4. The van der Waals surface area contributed by atoms with Crippen LogP contribution in [-0.2, 0) is 19.2 Å². The quantitative estimate of drug-likeness (QED) is 0.232. The third-order valence-electron chi connectivity index (χ3n) is 6.28. The van der Waals surface area contributed by atoms with E-state index in [2.05, 4.69) is 20.8 Å². The van der Waals surface area contributed by atoms with Crippen LogP contribution in [0.2, 0.25) is 0 Å². The fourth-order valence-electron chi connectivity index (χ4n) is 3.73. The van der Waals surface area contributed by atoms with Crippen molar-refractivity contribution in [2.45, 2.75) is 80.1 Å². The van der Waals surface area contributed by atoms with Gasteiger partial charge < -0.3 is 18.9 Å². The highest BCUT2D eigenvalue weighted by Gasteiger charge is 2.27. The van der Waals surface area contributed by atoms with E-state index < -0.39 is 23.9 Å². The minimum atomic E-state index is -0.458. The molecule has 1 unspecified atom stereocenters. The average Bonchev–Trinajstić information content (AvgIpc) is 2.90. The predicted octanol–water partition coefficient (Wildman–Crippen LogP) is 6.37. The summed E-state index contributed by atoms with van der Waals surface area (Å²) in [6.45, 7) is 13.0. The van der Waals surface area contributed by atoms with Gasteiger partial charge in [0.25, 0.3) is 0 Å². The normalized spacial score (nSPS) is 11.7. The molecule has 0 aliphatic carbocycles.